The SMILES string of the molecule is Cc1nc(N)c(C)c(-c2ccc(OC3CC3)cc2)n1. The third-order valence-corrected chi connectivity index (χ3v) is 3.25. The highest BCUT2D eigenvalue weighted by Crippen LogP contribution is 2.29. The van der Waals surface area contributed by atoms with E-state index >= 15 is 0 Å². The zero-order chi connectivity index (χ0) is 13.4. The molecule has 1 aromatic heterocycles. The van der Waals surface area contributed by atoms with Gasteiger partial charge in [-0.25, -0.2) is 9.97 Å². The Bertz CT molecular complexity index is 604. The Morgan fingerprint density at radius 1 is 1.11 bits per heavy atom. The first-order valence-corrected chi connectivity index (χ1v) is 6.51. The minimum absolute atomic E-state index is 0.421. The zero-order valence-corrected chi connectivity index (χ0v) is 11.2. The molecule has 1 saturated carbocycles. The quantitative estimate of drug-likeness (QED) is 0.916. The van der Waals surface area contributed by atoms with E-state index in [1.807, 2.05) is 38.1 Å². The molecule has 19 heavy (non-hydrogen) atoms. The normalized spacial score (nSPS) is 14.4. The molecule has 0 bridgehead atoms. The summed E-state index contributed by atoms with van der Waals surface area (Å²) in [4.78, 5) is 8.64. The van der Waals surface area contributed by atoms with Gasteiger partial charge in [0.25, 0.3) is 0 Å². The average molecular weight is 255 g/mol. The summed E-state index contributed by atoms with van der Waals surface area (Å²) in [5, 5.41) is 0. The number of hydrogen-bond donors (Lipinski definition) is 1. The number of aromatic nitrogens is 2. The van der Waals surface area contributed by atoms with E-state index in [4.69, 9.17) is 10.5 Å². The molecule has 4 heteroatoms. The average Bonchev–Trinajstić information content (AvgIpc) is 3.19. The number of benzene rings is 1. The number of nitrogens with two attached hydrogens (primary N) is 1. The van der Waals surface area contributed by atoms with Crippen LogP contribution in [0.25, 0.3) is 11.3 Å². The predicted octanol–water partition coefficient (Wildman–Crippen LogP) is 2.88. The van der Waals surface area contributed by atoms with Crippen LogP contribution in [0.3, 0.4) is 0 Å². The van der Waals surface area contributed by atoms with Crippen molar-refractivity contribution >= 4 is 5.82 Å². The van der Waals surface area contributed by atoms with E-state index in [9.17, 15) is 0 Å². The lowest BCUT2D eigenvalue weighted by Crippen LogP contribution is -2.02. The Morgan fingerprint density at radius 3 is 2.42 bits per heavy atom. The number of anilines is 1. The van der Waals surface area contributed by atoms with Gasteiger partial charge in [0.15, 0.2) is 0 Å². The molecule has 0 atom stereocenters. The Kier molecular flexibility index (Phi) is 2.85. The minimum atomic E-state index is 0.421. The standard InChI is InChI=1S/C15H17N3O/c1-9-14(17-10(2)18-15(9)16)11-3-5-12(6-4-11)19-13-7-8-13/h3-6,13H,7-8H2,1-2H3,(H2,16,17,18). The third-order valence-electron chi connectivity index (χ3n) is 3.25. The Balaban J connectivity index is 1.92. The molecule has 1 heterocycles. The second kappa shape index (κ2) is 4.53. The van der Waals surface area contributed by atoms with Gasteiger partial charge in [0.1, 0.15) is 17.4 Å². The molecule has 2 N–H and O–H groups in total. The van der Waals surface area contributed by atoms with Gasteiger partial charge in [-0.15, -0.1) is 0 Å². The number of nitrogens with zero attached hydrogens (tertiary/aromatic N) is 2. The molecule has 0 amide bonds. The summed E-state index contributed by atoms with van der Waals surface area (Å²) in [7, 11) is 0. The van der Waals surface area contributed by atoms with Crippen molar-refractivity contribution in [1.29, 1.82) is 0 Å². The molecule has 2 aromatic rings. The van der Waals surface area contributed by atoms with Crippen LogP contribution in [0, 0.1) is 13.8 Å². The van der Waals surface area contributed by atoms with Crippen molar-refractivity contribution in [1.82, 2.24) is 9.97 Å². The molecule has 1 aliphatic rings. The van der Waals surface area contributed by atoms with Crippen molar-refractivity contribution in [3.8, 4) is 17.0 Å². The summed E-state index contributed by atoms with van der Waals surface area (Å²) < 4.78 is 5.74. The Labute approximate surface area is 112 Å². The summed E-state index contributed by atoms with van der Waals surface area (Å²) in [6, 6.07) is 8.01. The lowest BCUT2D eigenvalue weighted by atomic mass is 10.1. The highest BCUT2D eigenvalue weighted by molar-refractivity contribution is 5.67. The highest BCUT2D eigenvalue weighted by Gasteiger charge is 2.23. The molecule has 3 rings (SSSR count). The summed E-state index contributed by atoms with van der Waals surface area (Å²) in [6.07, 6.45) is 2.76. The fourth-order valence-electron chi connectivity index (χ4n) is 2.00. The molecule has 98 valence electrons. The molecule has 0 saturated heterocycles. The van der Waals surface area contributed by atoms with Crippen LogP contribution in [0.4, 0.5) is 5.82 Å². The van der Waals surface area contributed by atoms with E-state index in [2.05, 4.69) is 9.97 Å². The van der Waals surface area contributed by atoms with Gasteiger partial charge >= 0.3 is 0 Å². The van der Waals surface area contributed by atoms with Gasteiger partial charge in [0, 0.05) is 11.1 Å². The van der Waals surface area contributed by atoms with Crippen LogP contribution >= 0.6 is 0 Å². The van der Waals surface area contributed by atoms with Gasteiger partial charge in [-0.3, -0.25) is 0 Å². The lowest BCUT2D eigenvalue weighted by Gasteiger charge is -2.09. The van der Waals surface area contributed by atoms with Gasteiger partial charge in [-0.2, -0.15) is 0 Å². The van der Waals surface area contributed by atoms with Crippen molar-refractivity contribution < 1.29 is 4.74 Å². The van der Waals surface area contributed by atoms with Gasteiger partial charge in [-0.1, -0.05) is 0 Å². The maximum absolute atomic E-state index is 5.89. The molecule has 1 aromatic carbocycles. The summed E-state index contributed by atoms with van der Waals surface area (Å²) in [5.41, 5.74) is 8.74. The maximum atomic E-state index is 5.89. The fourth-order valence-corrected chi connectivity index (χ4v) is 2.00. The van der Waals surface area contributed by atoms with Gasteiger partial charge in [-0.05, 0) is 51.0 Å². The van der Waals surface area contributed by atoms with E-state index < -0.39 is 0 Å². The second-order valence-corrected chi connectivity index (χ2v) is 4.97. The number of aryl methyl sites for hydroxylation is 1. The molecule has 0 radical (unpaired) electrons. The first-order valence-electron chi connectivity index (χ1n) is 6.51. The largest absolute Gasteiger partial charge is 0.490 e. The van der Waals surface area contributed by atoms with Crippen LogP contribution in [0.15, 0.2) is 24.3 Å². The summed E-state index contributed by atoms with van der Waals surface area (Å²) in [5.74, 6) is 2.15. The van der Waals surface area contributed by atoms with E-state index in [1.54, 1.807) is 0 Å². The van der Waals surface area contributed by atoms with Gasteiger partial charge in [0.05, 0.1) is 11.8 Å². The van der Waals surface area contributed by atoms with Crippen LogP contribution < -0.4 is 10.5 Å². The fraction of sp³-hybridized carbons (Fsp3) is 0.333. The topological polar surface area (TPSA) is 61.0 Å². The lowest BCUT2D eigenvalue weighted by molar-refractivity contribution is 0.303. The van der Waals surface area contributed by atoms with Crippen molar-refractivity contribution in [2.45, 2.75) is 32.8 Å². The number of hydrogen-bond acceptors (Lipinski definition) is 4. The number of rotatable bonds is 3. The smallest absolute Gasteiger partial charge is 0.130 e. The zero-order valence-electron chi connectivity index (χ0n) is 11.2. The highest BCUT2D eigenvalue weighted by atomic mass is 16.5. The molecular formula is C15H17N3O. The van der Waals surface area contributed by atoms with Crippen molar-refractivity contribution in [3.05, 3.63) is 35.7 Å². The van der Waals surface area contributed by atoms with Gasteiger partial charge in [0.2, 0.25) is 0 Å². The van der Waals surface area contributed by atoms with Gasteiger partial charge < -0.3 is 10.5 Å². The number of ether oxygens (including phenoxy) is 1. The van der Waals surface area contributed by atoms with Crippen LogP contribution in [0.2, 0.25) is 0 Å². The maximum Gasteiger partial charge on any atom is 0.130 e. The molecule has 1 aliphatic carbocycles. The molecule has 0 spiro atoms. The van der Waals surface area contributed by atoms with Crippen LogP contribution in [-0.4, -0.2) is 16.1 Å². The van der Waals surface area contributed by atoms with E-state index in [0.717, 1.165) is 22.6 Å². The monoisotopic (exact) mass is 255 g/mol. The van der Waals surface area contributed by atoms with Crippen LogP contribution in [-0.2, 0) is 0 Å². The van der Waals surface area contributed by atoms with Crippen LogP contribution in [0.1, 0.15) is 24.2 Å². The van der Waals surface area contributed by atoms with Crippen molar-refractivity contribution in [2.75, 3.05) is 5.73 Å². The predicted molar refractivity (Wildman–Crippen MR) is 75.0 cm³/mol. The molecular weight excluding hydrogens is 238 g/mol. The van der Waals surface area contributed by atoms with Crippen LogP contribution in [0.5, 0.6) is 5.75 Å². The molecule has 1 fully saturated rings. The Hall–Kier alpha value is -2.10. The molecule has 0 unspecified atom stereocenters. The first-order chi connectivity index (χ1) is 9.13. The van der Waals surface area contributed by atoms with E-state index in [-0.39, 0.29) is 0 Å². The summed E-state index contributed by atoms with van der Waals surface area (Å²) in [6.45, 7) is 3.79. The van der Waals surface area contributed by atoms with Crippen molar-refractivity contribution in [3.63, 3.8) is 0 Å². The Morgan fingerprint density at radius 2 is 1.79 bits per heavy atom. The molecule has 0 aliphatic heterocycles. The second-order valence-electron chi connectivity index (χ2n) is 4.97. The van der Waals surface area contributed by atoms with E-state index in [1.165, 1.54) is 12.8 Å². The summed E-state index contributed by atoms with van der Waals surface area (Å²) >= 11 is 0. The first kappa shape index (κ1) is 12.0. The van der Waals surface area contributed by atoms with E-state index in [0.29, 0.717) is 17.7 Å². The minimum Gasteiger partial charge on any atom is -0.490 e. The number of nitrogen functional groups attached to an aromatic ring is 1. The third kappa shape index (κ3) is 2.52. The van der Waals surface area contributed by atoms with Crippen molar-refractivity contribution in [2.24, 2.45) is 0 Å². The molecule has 4 nitrogen and oxygen atoms in total.